The van der Waals surface area contributed by atoms with Gasteiger partial charge in [-0.05, 0) is 66.1 Å². The number of aromatic nitrogens is 5. The van der Waals surface area contributed by atoms with Crippen molar-refractivity contribution in [2.75, 3.05) is 29.9 Å². The van der Waals surface area contributed by atoms with E-state index in [1.54, 1.807) is 17.3 Å². The molecule has 10 nitrogen and oxygen atoms in total. The van der Waals surface area contributed by atoms with Crippen LogP contribution >= 0.6 is 0 Å². The summed E-state index contributed by atoms with van der Waals surface area (Å²) in [4.78, 5) is 24.6. The molecule has 0 spiro atoms. The Kier molecular flexibility index (Phi) is 5.31. The van der Waals surface area contributed by atoms with E-state index in [1.165, 1.54) is 11.3 Å². The molecule has 3 aliphatic rings. The highest BCUT2D eigenvalue weighted by Crippen LogP contribution is 2.41. The van der Waals surface area contributed by atoms with Crippen molar-refractivity contribution < 1.29 is 9.90 Å². The predicted octanol–water partition coefficient (Wildman–Crippen LogP) is 2.87. The van der Waals surface area contributed by atoms with Crippen LogP contribution < -0.4 is 15.5 Å². The lowest BCUT2D eigenvalue weighted by atomic mass is 9.90. The van der Waals surface area contributed by atoms with E-state index in [0.29, 0.717) is 35.8 Å². The maximum Gasteiger partial charge on any atom is 0.276 e. The lowest BCUT2D eigenvalue weighted by molar-refractivity contribution is 0.0962. The van der Waals surface area contributed by atoms with Crippen LogP contribution in [0.15, 0.2) is 30.6 Å². The quantitative estimate of drug-likeness (QED) is 0.324. The van der Waals surface area contributed by atoms with Crippen molar-refractivity contribution in [3.63, 3.8) is 0 Å². The molecule has 4 N–H and O–H groups in total. The van der Waals surface area contributed by atoms with Gasteiger partial charge in [-0.2, -0.15) is 5.10 Å². The molecule has 4 aromatic rings. The van der Waals surface area contributed by atoms with Gasteiger partial charge in [-0.3, -0.25) is 14.8 Å². The highest BCUT2D eigenvalue weighted by molar-refractivity contribution is 6.07. The van der Waals surface area contributed by atoms with Gasteiger partial charge in [0.15, 0.2) is 11.5 Å². The van der Waals surface area contributed by atoms with Gasteiger partial charge in [0.25, 0.3) is 5.91 Å². The SMILES string of the molecule is CC1(C)Cc2cc3n(c2C1)CCN(c1nccc(-c2ccnc4[nH]nc(NC5CCNC5)c24)c1CO)C3=O. The van der Waals surface area contributed by atoms with Crippen LogP contribution in [-0.4, -0.2) is 61.4 Å². The average molecular weight is 513 g/mol. The number of fused-ring (bicyclic) bond motifs is 4. The zero-order valence-corrected chi connectivity index (χ0v) is 21.7. The molecule has 0 saturated carbocycles. The molecule has 1 unspecified atom stereocenters. The first-order valence-electron chi connectivity index (χ1n) is 13.4. The van der Waals surface area contributed by atoms with Crippen molar-refractivity contribution in [3.05, 3.63) is 53.1 Å². The number of nitrogens with one attached hydrogen (secondary N) is 3. The highest BCUT2D eigenvalue weighted by atomic mass is 16.3. The molecule has 6 heterocycles. The molecule has 7 rings (SSSR count). The van der Waals surface area contributed by atoms with Crippen molar-refractivity contribution in [3.8, 4) is 11.1 Å². The summed E-state index contributed by atoms with van der Waals surface area (Å²) in [5.41, 5.74) is 6.51. The van der Waals surface area contributed by atoms with E-state index in [9.17, 15) is 9.90 Å². The van der Waals surface area contributed by atoms with E-state index in [4.69, 9.17) is 0 Å². The summed E-state index contributed by atoms with van der Waals surface area (Å²) in [6.07, 6.45) is 6.45. The molecule has 10 heteroatoms. The predicted molar refractivity (Wildman–Crippen MR) is 145 cm³/mol. The summed E-state index contributed by atoms with van der Waals surface area (Å²) in [5, 5.41) is 25.9. The zero-order chi connectivity index (χ0) is 26.0. The van der Waals surface area contributed by atoms with E-state index >= 15 is 0 Å². The Bertz CT molecular complexity index is 1560. The Balaban J connectivity index is 1.29. The number of hydrogen-bond acceptors (Lipinski definition) is 7. The molecule has 4 aromatic heterocycles. The zero-order valence-electron chi connectivity index (χ0n) is 21.7. The van der Waals surface area contributed by atoms with E-state index in [-0.39, 0.29) is 24.0 Å². The molecular weight excluding hydrogens is 480 g/mol. The summed E-state index contributed by atoms with van der Waals surface area (Å²) >= 11 is 0. The van der Waals surface area contributed by atoms with Crippen molar-refractivity contribution >= 4 is 28.6 Å². The summed E-state index contributed by atoms with van der Waals surface area (Å²) < 4.78 is 2.19. The first kappa shape index (κ1) is 23.4. The average Bonchev–Trinajstić information content (AvgIpc) is 3.69. The number of rotatable bonds is 5. The van der Waals surface area contributed by atoms with E-state index in [1.807, 2.05) is 12.1 Å². The number of amides is 1. The third-order valence-electron chi connectivity index (χ3n) is 8.22. The van der Waals surface area contributed by atoms with E-state index in [2.05, 4.69) is 55.3 Å². The monoisotopic (exact) mass is 512 g/mol. The fourth-order valence-electron chi connectivity index (χ4n) is 6.49. The molecule has 1 amide bonds. The van der Waals surface area contributed by atoms with Gasteiger partial charge in [0.1, 0.15) is 11.5 Å². The Morgan fingerprint density at radius 2 is 2.00 bits per heavy atom. The minimum Gasteiger partial charge on any atom is -0.392 e. The third kappa shape index (κ3) is 3.62. The number of carbonyl (C=O) groups excluding carboxylic acids is 1. The minimum atomic E-state index is -0.245. The molecule has 1 fully saturated rings. The number of carbonyl (C=O) groups is 1. The van der Waals surface area contributed by atoms with Gasteiger partial charge in [-0.1, -0.05) is 13.8 Å². The summed E-state index contributed by atoms with van der Waals surface area (Å²) in [6, 6.07) is 6.18. The number of aromatic amines is 1. The smallest absolute Gasteiger partial charge is 0.276 e. The molecule has 0 bridgehead atoms. The Hall–Kier alpha value is -3.76. The summed E-state index contributed by atoms with van der Waals surface area (Å²) in [5.74, 6) is 1.18. The van der Waals surface area contributed by atoms with Gasteiger partial charge in [-0.15, -0.1) is 0 Å². The minimum absolute atomic E-state index is 0.0675. The fraction of sp³-hybridized carbons (Fsp3) is 0.429. The number of aliphatic hydroxyl groups excluding tert-OH is 1. The molecular formula is C28H32N8O2. The normalized spacial score (nSPS) is 20.2. The number of anilines is 2. The number of pyridine rings is 2. The summed E-state index contributed by atoms with van der Waals surface area (Å²) in [7, 11) is 0. The maximum absolute atomic E-state index is 13.8. The van der Waals surface area contributed by atoms with Crippen molar-refractivity contribution in [2.24, 2.45) is 5.41 Å². The number of aliphatic hydroxyl groups is 1. The van der Waals surface area contributed by atoms with Gasteiger partial charge in [0.2, 0.25) is 0 Å². The molecule has 196 valence electrons. The lowest BCUT2D eigenvalue weighted by Gasteiger charge is -2.31. The Morgan fingerprint density at radius 3 is 2.82 bits per heavy atom. The van der Waals surface area contributed by atoms with Gasteiger partial charge in [0.05, 0.1) is 12.0 Å². The van der Waals surface area contributed by atoms with Crippen molar-refractivity contribution in [2.45, 2.75) is 52.3 Å². The first-order chi connectivity index (χ1) is 18.4. The van der Waals surface area contributed by atoms with Crippen LogP contribution in [0.5, 0.6) is 0 Å². The maximum atomic E-state index is 13.8. The topological polar surface area (TPSA) is 124 Å². The van der Waals surface area contributed by atoms with Gasteiger partial charge in [0, 0.05) is 49.3 Å². The first-order valence-corrected chi connectivity index (χ1v) is 13.4. The molecule has 2 aliphatic heterocycles. The van der Waals surface area contributed by atoms with Crippen LogP contribution in [0.1, 0.15) is 47.6 Å². The van der Waals surface area contributed by atoms with Gasteiger partial charge in [-0.25, -0.2) is 9.97 Å². The van der Waals surface area contributed by atoms with Crippen LogP contribution in [0.4, 0.5) is 11.6 Å². The van der Waals surface area contributed by atoms with Crippen LogP contribution in [0, 0.1) is 5.41 Å². The highest BCUT2D eigenvalue weighted by Gasteiger charge is 2.37. The lowest BCUT2D eigenvalue weighted by Crippen LogP contribution is -2.41. The molecule has 0 radical (unpaired) electrons. The van der Waals surface area contributed by atoms with Crippen molar-refractivity contribution in [1.29, 1.82) is 0 Å². The van der Waals surface area contributed by atoms with Crippen LogP contribution in [0.2, 0.25) is 0 Å². The largest absolute Gasteiger partial charge is 0.392 e. The molecule has 1 saturated heterocycles. The number of H-pyrrole nitrogens is 1. The van der Waals surface area contributed by atoms with Crippen LogP contribution in [0.3, 0.4) is 0 Å². The second-order valence-electron chi connectivity index (χ2n) is 11.4. The van der Waals surface area contributed by atoms with Gasteiger partial charge >= 0.3 is 0 Å². The van der Waals surface area contributed by atoms with E-state index in [0.717, 1.165) is 54.7 Å². The second-order valence-corrected chi connectivity index (χ2v) is 11.4. The standard InChI is InChI=1S/C28H32N8O2/c1-28(2)12-16-11-21-27(38)36(10-9-35(21)22(16)13-28)26-20(15-37)18(4-8-31-26)19-5-7-30-24-23(19)25(34-33-24)32-17-3-6-29-14-17/h4-5,7-8,11,17,29,37H,3,6,9-10,12-15H2,1-2H3,(H2,30,32,33,34). The number of nitrogens with zero attached hydrogens (tertiary/aromatic N) is 5. The molecule has 0 aromatic carbocycles. The Labute approximate surface area is 220 Å². The van der Waals surface area contributed by atoms with Gasteiger partial charge < -0.3 is 20.3 Å². The van der Waals surface area contributed by atoms with Crippen molar-refractivity contribution in [1.82, 2.24) is 30.0 Å². The molecule has 1 atom stereocenters. The van der Waals surface area contributed by atoms with Crippen LogP contribution in [-0.2, 0) is 26.0 Å². The number of hydrogen-bond donors (Lipinski definition) is 4. The molecule has 1 aliphatic carbocycles. The van der Waals surface area contributed by atoms with Crippen LogP contribution in [0.25, 0.3) is 22.2 Å². The Morgan fingerprint density at radius 1 is 1.16 bits per heavy atom. The summed E-state index contributed by atoms with van der Waals surface area (Å²) in [6.45, 7) is 7.39. The third-order valence-corrected chi connectivity index (χ3v) is 8.22. The fourth-order valence-corrected chi connectivity index (χ4v) is 6.49. The van der Waals surface area contributed by atoms with E-state index < -0.39 is 0 Å². The second kappa shape index (κ2) is 8.64. The molecule has 38 heavy (non-hydrogen) atoms.